The second kappa shape index (κ2) is 13.7. The highest BCUT2D eigenvalue weighted by atomic mass is 16.3. The van der Waals surface area contributed by atoms with Crippen LogP contribution in [0.1, 0.15) is 132 Å². The van der Waals surface area contributed by atoms with Crippen molar-refractivity contribution in [1.82, 2.24) is 0 Å². The molecule has 0 saturated heterocycles. The monoisotopic (exact) mass is 484 g/mol. The number of rotatable bonds is 14. The Morgan fingerprint density at radius 1 is 0.667 bits per heavy atom. The molecule has 1 nitrogen and oxygen atoms in total. The molecule has 0 radical (unpaired) electrons. The minimum Gasteiger partial charge on any atom is -0.507 e. The van der Waals surface area contributed by atoms with E-state index in [0.717, 1.165) is 17.5 Å². The molecule has 194 valence electrons. The molecule has 0 amide bonds. The average molecular weight is 485 g/mol. The third-order valence-corrected chi connectivity index (χ3v) is 8.17. The highest BCUT2D eigenvalue weighted by molar-refractivity contribution is 5.53. The van der Waals surface area contributed by atoms with Crippen LogP contribution in [-0.4, -0.2) is 5.11 Å². The van der Waals surface area contributed by atoms with Crippen LogP contribution in [0.25, 0.3) is 0 Å². The van der Waals surface area contributed by atoms with Gasteiger partial charge in [0, 0.05) is 16.9 Å². The maximum Gasteiger partial charge on any atom is 0.122 e. The summed E-state index contributed by atoms with van der Waals surface area (Å²) in [7, 11) is 0. The van der Waals surface area contributed by atoms with Gasteiger partial charge in [0.25, 0.3) is 0 Å². The Bertz CT molecular complexity index is 1030. The lowest BCUT2D eigenvalue weighted by Crippen LogP contribution is -2.20. The van der Waals surface area contributed by atoms with Crippen LogP contribution in [0.2, 0.25) is 0 Å². The topological polar surface area (TPSA) is 20.2 Å². The summed E-state index contributed by atoms with van der Waals surface area (Å²) in [6.45, 7) is 11.4. The van der Waals surface area contributed by atoms with Crippen molar-refractivity contribution in [3.8, 4) is 5.75 Å². The molecule has 0 aliphatic carbocycles. The zero-order valence-electron chi connectivity index (χ0n) is 23.4. The van der Waals surface area contributed by atoms with Gasteiger partial charge in [-0.2, -0.15) is 0 Å². The normalized spacial score (nSPS) is 13.5. The van der Waals surface area contributed by atoms with E-state index in [1.54, 1.807) is 0 Å². The zero-order valence-corrected chi connectivity index (χ0v) is 23.4. The molecule has 36 heavy (non-hydrogen) atoms. The Kier molecular flexibility index (Phi) is 10.7. The summed E-state index contributed by atoms with van der Waals surface area (Å²) in [5, 5.41) is 11.6. The van der Waals surface area contributed by atoms with Gasteiger partial charge in [-0.3, -0.25) is 0 Å². The predicted octanol–water partition coefficient (Wildman–Crippen LogP) is 10.5. The van der Waals surface area contributed by atoms with Crippen molar-refractivity contribution in [2.75, 3.05) is 0 Å². The Morgan fingerprint density at radius 3 is 1.81 bits per heavy atom. The van der Waals surface area contributed by atoms with Crippen LogP contribution in [0.4, 0.5) is 0 Å². The van der Waals surface area contributed by atoms with Gasteiger partial charge >= 0.3 is 0 Å². The van der Waals surface area contributed by atoms with Gasteiger partial charge in [-0.25, -0.2) is 0 Å². The molecule has 0 saturated carbocycles. The first-order valence-electron chi connectivity index (χ1n) is 14.3. The summed E-state index contributed by atoms with van der Waals surface area (Å²) in [5.41, 5.74) is 5.83. The summed E-state index contributed by atoms with van der Waals surface area (Å²) in [5.74, 6) is 0.955. The van der Waals surface area contributed by atoms with E-state index >= 15 is 0 Å². The minimum atomic E-state index is -0.146. The second-order valence-corrected chi connectivity index (χ2v) is 11.3. The summed E-state index contributed by atoms with van der Waals surface area (Å²) in [4.78, 5) is 0. The van der Waals surface area contributed by atoms with E-state index in [1.807, 2.05) is 0 Å². The van der Waals surface area contributed by atoms with Gasteiger partial charge in [-0.05, 0) is 34.6 Å². The summed E-state index contributed by atoms with van der Waals surface area (Å²) in [6, 6.07) is 25.9. The molecule has 0 bridgehead atoms. The molecule has 3 aromatic carbocycles. The number of hydrogen-bond donors (Lipinski definition) is 1. The largest absolute Gasteiger partial charge is 0.507 e. The number of phenols is 1. The van der Waals surface area contributed by atoms with Crippen molar-refractivity contribution in [2.24, 2.45) is 0 Å². The first kappa shape index (κ1) is 28.0. The molecule has 0 heterocycles. The molecule has 2 unspecified atom stereocenters. The van der Waals surface area contributed by atoms with Crippen LogP contribution in [0.3, 0.4) is 0 Å². The Morgan fingerprint density at radius 2 is 1.19 bits per heavy atom. The van der Waals surface area contributed by atoms with E-state index in [0.29, 0.717) is 11.7 Å². The summed E-state index contributed by atoms with van der Waals surface area (Å²) in [6.07, 6.45) is 11.8. The number of aromatic hydroxyl groups is 1. The quantitative estimate of drug-likeness (QED) is 0.226. The molecular weight excluding hydrogens is 436 g/mol. The van der Waals surface area contributed by atoms with Crippen molar-refractivity contribution in [3.05, 3.63) is 101 Å². The number of hydrogen-bond acceptors (Lipinski definition) is 1. The Labute approximate surface area is 221 Å². The van der Waals surface area contributed by atoms with E-state index in [9.17, 15) is 5.11 Å². The molecule has 0 aromatic heterocycles. The molecule has 0 aliphatic rings. The summed E-state index contributed by atoms with van der Waals surface area (Å²) >= 11 is 0. The zero-order chi connectivity index (χ0) is 26.0. The molecule has 0 spiro atoms. The van der Waals surface area contributed by atoms with Crippen molar-refractivity contribution in [3.63, 3.8) is 0 Å². The van der Waals surface area contributed by atoms with Crippen molar-refractivity contribution >= 4 is 0 Å². The van der Waals surface area contributed by atoms with Gasteiger partial charge in [0.1, 0.15) is 5.75 Å². The molecule has 0 fully saturated rings. The first-order chi connectivity index (χ1) is 17.4. The summed E-state index contributed by atoms with van der Waals surface area (Å²) < 4.78 is 0. The highest BCUT2D eigenvalue weighted by Crippen LogP contribution is 2.43. The van der Waals surface area contributed by atoms with Gasteiger partial charge < -0.3 is 5.11 Å². The predicted molar refractivity (Wildman–Crippen MR) is 156 cm³/mol. The third kappa shape index (κ3) is 7.25. The standard InChI is InChI=1S/C35H48O/c1-6-7-8-9-10-11-12-15-20-27(2)32-25-31(35(4,5)30-23-18-14-19-24-30)26-33(34(32)36)28(3)29-21-16-13-17-22-29/h13-14,16-19,21-28,36H,6-12,15,20H2,1-5H3. The van der Waals surface area contributed by atoms with E-state index in [-0.39, 0.29) is 11.3 Å². The fourth-order valence-corrected chi connectivity index (χ4v) is 5.43. The van der Waals surface area contributed by atoms with Crippen LogP contribution >= 0.6 is 0 Å². The van der Waals surface area contributed by atoms with Crippen molar-refractivity contribution in [2.45, 2.75) is 110 Å². The van der Waals surface area contributed by atoms with Crippen molar-refractivity contribution < 1.29 is 5.11 Å². The average Bonchev–Trinajstić information content (AvgIpc) is 2.90. The molecule has 3 rings (SSSR count). The van der Waals surface area contributed by atoms with Gasteiger partial charge in [0.15, 0.2) is 0 Å². The molecular formula is C35H48O. The van der Waals surface area contributed by atoms with E-state index in [2.05, 4.69) is 107 Å². The van der Waals surface area contributed by atoms with E-state index in [4.69, 9.17) is 0 Å². The van der Waals surface area contributed by atoms with Gasteiger partial charge in [0.05, 0.1) is 0 Å². The lowest BCUT2D eigenvalue weighted by Gasteiger charge is -2.30. The molecule has 2 atom stereocenters. The third-order valence-electron chi connectivity index (χ3n) is 8.17. The van der Waals surface area contributed by atoms with Crippen LogP contribution in [0, 0.1) is 0 Å². The lowest BCUT2D eigenvalue weighted by molar-refractivity contribution is 0.447. The van der Waals surface area contributed by atoms with Crippen LogP contribution in [0.15, 0.2) is 72.8 Å². The smallest absolute Gasteiger partial charge is 0.122 e. The lowest BCUT2D eigenvalue weighted by atomic mass is 9.74. The van der Waals surface area contributed by atoms with Crippen molar-refractivity contribution in [1.29, 1.82) is 0 Å². The number of unbranched alkanes of at least 4 members (excludes halogenated alkanes) is 7. The van der Waals surface area contributed by atoms with E-state index in [1.165, 1.54) is 68.1 Å². The second-order valence-electron chi connectivity index (χ2n) is 11.3. The maximum atomic E-state index is 11.6. The highest BCUT2D eigenvalue weighted by Gasteiger charge is 2.28. The minimum absolute atomic E-state index is 0.131. The number of benzene rings is 3. The molecule has 0 aliphatic heterocycles. The van der Waals surface area contributed by atoms with E-state index < -0.39 is 0 Å². The molecule has 1 N–H and O–H groups in total. The van der Waals surface area contributed by atoms with Gasteiger partial charge in [0.2, 0.25) is 0 Å². The van der Waals surface area contributed by atoms with Gasteiger partial charge in [-0.15, -0.1) is 0 Å². The Balaban J connectivity index is 1.85. The fraction of sp³-hybridized carbons (Fsp3) is 0.486. The van der Waals surface area contributed by atoms with Crippen LogP contribution < -0.4 is 0 Å². The fourth-order valence-electron chi connectivity index (χ4n) is 5.43. The Hall–Kier alpha value is -2.54. The van der Waals surface area contributed by atoms with Crippen LogP contribution in [0.5, 0.6) is 5.75 Å². The molecule has 3 aromatic rings. The first-order valence-corrected chi connectivity index (χ1v) is 14.3. The van der Waals surface area contributed by atoms with Crippen LogP contribution in [-0.2, 0) is 5.41 Å². The number of phenolic OH excluding ortho intramolecular Hbond substituents is 1. The SMILES string of the molecule is CCCCCCCCCCC(C)c1cc(C(C)(C)c2ccccc2)cc(C(C)c2ccccc2)c1O. The molecule has 1 heteroatoms. The maximum absolute atomic E-state index is 11.6. The van der Waals surface area contributed by atoms with Gasteiger partial charge in [-0.1, -0.05) is 159 Å².